The molecule has 69 heavy (non-hydrogen) atoms. The average Bonchev–Trinajstić information content (AvgIpc) is 3.31. The van der Waals surface area contributed by atoms with E-state index in [1.54, 1.807) is 0 Å². The highest BCUT2D eigenvalue weighted by Crippen LogP contribution is 2.38. The highest BCUT2D eigenvalue weighted by molar-refractivity contribution is 7.45. The number of carbonyl (C=O) groups is 1. The molecule has 0 aromatic rings. The molecular formula is C60H108NO7P. The third kappa shape index (κ3) is 56.5. The van der Waals surface area contributed by atoms with Crippen molar-refractivity contribution in [1.82, 2.24) is 0 Å². The quantitative estimate of drug-likeness (QED) is 0.0197. The summed E-state index contributed by atoms with van der Waals surface area (Å²) in [6.45, 7) is 5.28. The Kier molecular flexibility index (Phi) is 50.3. The minimum Gasteiger partial charge on any atom is -0.756 e. The van der Waals surface area contributed by atoms with E-state index in [9.17, 15) is 14.3 Å². The van der Waals surface area contributed by atoms with Crippen LogP contribution in [0.2, 0.25) is 0 Å². The number of allylic oxidation sites excluding steroid dienone is 14. The van der Waals surface area contributed by atoms with Gasteiger partial charge in [0.05, 0.1) is 34.4 Å². The van der Waals surface area contributed by atoms with Crippen LogP contribution in [-0.4, -0.2) is 70.7 Å². The van der Waals surface area contributed by atoms with Gasteiger partial charge in [-0.05, 0) is 89.9 Å². The molecule has 8 nitrogen and oxygen atoms in total. The van der Waals surface area contributed by atoms with Crippen molar-refractivity contribution in [1.29, 1.82) is 0 Å². The number of esters is 1. The zero-order chi connectivity index (χ0) is 50.5. The molecule has 0 aliphatic carbocycles. The van der Waals surface area contributed by atoms with Crippen molar-refractivity contribution in [3.63, 3.8) is 0 Å². The molecule has 0 aromatic heterocycles. The minimum atomic E-state index is -4.54. The lowest BCUT2D eigenvalue weighted by molar-refractivity contribution is -0.870. The lowest BCUT2D eigenvalue weighted by atomic mass is 10.0. The lowest BCUT2D eigenvalue weighted by Crippen LogP contribution is -2.37. The smallest absolute Gasteiger partial charge is 0.306 e. The molecule has 9 heteroatoms. The van der Waals surface area contributed by atoms with Crippen LogP contribution in [0.15, 0.2) is 85.1 Å². The van der Waals surface area contributed by atoms with Gasteiger partial charge in [-0.25, -0.2) is 0 Å². The first-order chi connectivity index (χ1) is 33.6. The Labute approximate surface area is 426 Å². The first-order valence-electron chi connectivity index (χ1n) is 28.3. The Hall–Kier alpha value is -2.32. The first kappa shape index (κ1) is 66.7. The van der Waals surface area contributed by atoms with Crippen LogP contribution in [0.1, 0.15) is 232 Å². The lowest BCUT2D eigenvalue weighted by Gasteiger charge is -2.28. The van der Waals surface area contributed by atoms with E-state index in [2.05, 4.69) is 98.9 Å². The molecule has 0 aliphatic rings. The number of quaternary nitrogens is 1. The molecule has 0 bridgehead atoms. The van der Waals surface area contributed by atoms with Crippen molar-refractivity contribution < 1.29 is 37.3 Å². The summed E-state index contributed by atoms with van der Waals surface area (Å²) in [5.41, 5.74) is 0. The number of phosphoric ester groups is 1. The SMILES string of the molecule is CC/C=C\C/C=C\C/C=C\C/C=C\CCCCCCCCCCCCC(=O)OC(COCCCCCCCCCCC/C=C\C/C=C\C/C=C\CCCCCCC)COP(=O)([O-])OCC[N+](C)(C)C. The van der Waals surface area contributed by atoms with E-state index in [0.717, 1.165) is 70.6 Å². The van der Waals surface area contributed by atoms with E-state index < -0.39 is 13.9 Å². The minimum absolute atomic E-state index is 0.0202. The summed E-state index contributed by atoms with van der Waals surface area (Å²) in [4.78, 5) is 25.3. The Bertz CT molecular complexity index is 1380. The summed E-state index contributed by atoms with van der Waals surface area (Å²) < 4.78 is 34.8. The van der Waals surface area contributed by atoms with Gasteiger partial charge >= 0.3 is 5.97 Å². The van der Waals surface area contributed by atoms with E-state index in [1.165, 1.54) is 141 Å². The Morgan fingerprint density at radius 1 is 0.464 bits per heavy atom. The maximum atomic E-state index is 12.8. The van der Waals surface area contributed by atoms with E-state index in [-0.39, 0.29) is 25.8 Å². The molecule has 0 fully saturated rings. The van der Waals surface area contributed by atoms with Crippen molar-refractivity contribution in [3.8, 4) is 0 Å². The normalized spacial score (nSPS) is 14.1. The average molecular weight is 986 g/mol. The standard InChI is InChI=1S/C60H108NO7P/c1-6-8-10-12-14-16-18-20-22-24-26-28-30-32-34-36-38-40-42-44-46-48-50-52-55-65-57-59(58-67-69(63,64)66-56-54-61(3,4)5)68-60(62)53-51-49-47-45-43-41-39-37-35-33-31-29-27-25-23-21-19-17-15-13-11-9-7-2/h9,11,15,17-18,20-21,23-24,26-27,29-30,32,59H,6-8,10,12-14,16,19,22,25,28,31,33-58H2,1-5H3/b11-9-,17-15-,20-18-,23-21-,26-24-,29-27-,32-30-. The van der Waals surface area contributed by atoms with Gasteiger partial charge in [-0.2, -0.15) is 0 Å². The number of hydrogen-bond acceptors (Lipinski definition) is 7. The molecule has 400 valence electrons. The van der Waals surface area contributed by atoms with E-state index >= 15 is 0 Å². The summed E-state index contributed by atoms with van der Waals surface area (Å²) in [5, 5.41) is 0. The number of rotatable bonds is 52. The van der Waals surface area contributed by atoms with Crippen molar-refractivity contribution in [3.05, 3.63) is 85.1 Å². The van der Waals surface area contributed by atoms with Gasteiger partial charge in [0.25, 0.3) is 7.82 Å². The van der Waals surface area contributed by atoms with Crippen LogP contribution in [0.5, 0.6) is 0 Å². The zero-order valence-corrected chi connectivity index (χ0v) is 46.4. The van der Waals surface area contributed by atoms with Gasteiger partial charge in [-0.15, -0.1) is 0 Å². The summed E-state index contributed by atoms with van der Waals surface area (Å²) in [7, 11) is 1.34. The zero-order valence-electron chi connectivity index (χ0n) is 45.5. The Morgan fingerprint density at radius 3 is 1.26 bits per heavy atom. The Morgan fingerprint density at radius 2 is 0.841 bits per heavy atom. The summed E-state index contributed by atoms with van der Waals surface area (Å²) in [6, 6.07) is 0. The second-order valence-corrected chi connectivity index (χ2v) is 21.3. The second-order valence-electron chi connectivity index (χ2n) is 19.9. The molecule has 0 N–H and O–H groups in total. The van der Waals surface area contributed by atoms with Crippen molar-refractivity contribution in [2.45, 2.75) is 238 Å². The van der Waals surface area contributed by atoms with Crippen LogP contribution < -0.4 is 4.89 Å². The predicted molar refractivity (Wildman–Crippen MR) is 295 cm³/mol. The molecule has 0 aromatic carbocycles. The molecule has 0 rings (SSSR count). The summed E-state index contributed by atoms with van der Waals surface area (Å²) in [6.07, 6.45) is 70.4. The van der Waals surface area contributed by atoms with Gasteiger partial charge in [-0.1, -0.05) is 221 Å². The number of unbranched alkanes of at least 4 members (excludes halogenated alkanes) is 24. The van der Waals surface area contributed by atoms with Crippen molar-refractivity contribution in [2.24, 2.45) is 0 Å². The number of phosphoric acid groups is 1. The highest BCUT2D eigenvalue weighted by Gasteiger charge is 2.20. The van der Waals surface area contributed by atoms with Crippen molar-refractivity contribution >= 4 is 13.8 Å². The van der Waals surface area contributed by atoms with Gasteiger partial charge in [-0.3, -0.25) is 9.36 Å². The molecule has 0 radical (unpaired) electrons. The van der Waals surface area contributed by atoms with Gasteiger partial charge in [0, 0.05) is 13.0 Å². The fourth-order valence-electron chi connectivity index (χ4n) is 7.60. The number of nitrogens with zero attached hydrogens (tertiary/aromatic N) is 1. The van der Waals surface area contributed by atoms with Gasteiger partial charge < -0.3 is 27.9 Å². The Balaban J connectivity index is 4.13. The number of likely N-dealkylation sites (N-methyl/N-ethyl adjacent to an activating group) is 1. The van der Waals surface area contributed by atoms with Crippen LogP contribution in [0, 0.1) is 0 Å². The van der Waals surface area contributed by atoms with Gasteiger partial charge in [0.1, 0.15) is 19.3 Å². The van der Waals surface area contributed by atoms with Gasteiger partial charge in [0.2, 0.25) is 0 Å². The van der Waals surface area contributed by atoms with Gasteiger partial charge in [0.15, 0.2) is 0 Å². The molecule has 0 amide bonds. The van der Waals surface area contributed by atoms with E-state index in [1.807, 2.05) is 21.1 Å². The largest absolute Gasteiger partial charge is 0.756 e. The molecule has 0 aliphatic heterocycles. The molecule has 2 unspecified atom stereocenters. The third-order valence-corrected chi connectivity index (χ3v) is 12.9. The van der Waals surface area contributed by atoms with E-state index in [0.29, 0.717) is 24.1 Å². The van der Waals surface area contributed by atoms with Crippen LogP contribution >= 0.6 is 7.82 Å². The number of carbonyl (C=O) groups excluding carboxylic acids is 1. The van der Waals surface area contributed by atoms with Crippen LogP contribution in [0.25, 0.3) is 0 Å². The number of hydrogen-bond donors (Lipinski definition) is 0. The second kappa shape index (κ2) is 52.0. The third-order valence-electron chi connectivity index (χ3n) is 11.9. The summed E-state index contributed by atoms with van der Waals surface area (Å²) in [5.74, 6) is -0.342. The monoisotopic (exact) mass is 986 g/mol. The highest BCUT2D eigenvalue weighted by atomic mass is 31.2. The van der Waals surface area contributed by atoms with Crippen LogP contribution in [0.4, 0.5) is 0 Å². The number of ether oxygens (including phenoxy) is 2. The summed E-state index contributed by atoms with van der Waals surface area (Å²) >= 11 is 0. The van der Waals surface area contributed by atoms with Crippen molar-refractivity contribution in [2.75, 3.05) is 54.1 Å². The topological polar surface area (TPSA) is 94.1 Å². The maximum absolute atomic E-state index is 12.8. The molecule has 0 saturated carbocycles. The van der Waals surface area contributed by atoms with Crippen LogP contribution in [0.3, 0.4) is 0 Å². The molecule has 2 atom stereocenters. The van der Waals surface area contributed by atoms with Crippen LogP contribution in [-0.2, 0) is 27.9 Å². The predicted octanol–water partition coefficient (Wildman–Crippen LogP) is 17.3. The fourth-order valence-corrected chi connectivity index (χ4v) is 8.33. The fraction of sp³-hybridized carbons (Fsp3) is 0.750. The van der Waals surface area contributed by atoms with E-state index in [4.69, 9.17) is 18.5 Å². The molecular weight excluding hydrogens is 878 g/mol. The maximum Gasteiger partial charge on any atom is 0.306 e. The first-order valence-corrected chi connectivity index (χ1v) is 29.8. The molecule has 0 saturated heterocycles. The molecule has 0 heterocycles. The molecule has 0 spiro atoms.